The summed E-state index contributed by atoms with van der Waals surface area (Å²) in [5, 5.41) is 3.96. The maximum absolute atomic E-state index is 12.1. The molecule has 5 heteroatoms. The Kier molecular flexibility index (Phi) is 5.95. The number of aryl methyl sites for hydroxylation is 2. The summed E-state index contributed by atoms with van der Waals surface area (Å²) in [5.41, 5.74) is 1.63. The Labute approximate surface area is 135 Å². The lowest BCUT2D eigenvalue weighted by Crippen LogP contribution is -2.22. The van der Waals surface area contributed by atoms with Gasteiger partial charge in [-0.2, -0.15) is 0 Å². The zero-order valence-electron chi connectivity index (χ0n) is 13.3. The van der Waals surface area contributed by atoms with Gasteiger partial charge in [-0.05, 0) is 44.5 Å². The predicted molar refractivity (Wildman–Crippen MR) is 89.6 cm³/mol. The van der Waals surface area contributed by atoms with Crippen molar-refractivity contribution in [2.75, 3.05) is 6.61 Å². The van der Waals surface area contributed by atoms with Crippen LogP contribution in [0, 0.1) is 13.8 Å². The highest BCUT2D eigenvalue weighted by atomic mass is 32.1. The maximum Gasteiger partial charge on any atom is 0.251 e. The van der Waals surface area contributed by atoms with E-state index in [1.807, 2.05) is 26.0 Å². The summed E-state index contributed by atoms with van der Waals surface area (Å²) >= 11 is 1.62. The molecule has 0 atom stereocenters. The number of nitrogens with one attached hydrogen (secondary N) is 1. The lowest BCUT2D eigenvalue weighted by Gasteiger charge is -2.07. The fourth-order valence-electron chi connectivity index (χ4n) is 2.04. The van der Waals surface area contributed by atoms with Gasteiger partial charge in [0.1, 0.15) is 5.75 Å². The summed E-state index contributed by atoms with van der Waals surface area (Å²) < 4.78 is 5.59. The van der Waals surface area contributed by atoms with E-state index in [0.29, 0.717) is 18.7 Å². The summed E-state index contributed by atoms with van der Waals surface area (Å²) in [4.78, 5) is 17.6. The standard InChI is InChI=1S/C17H22N2O2S/c1-4-5-10-21-15-8-6-14(7-9-15)17(20)18-11-16-12(2)19-13(3)22-16/h6-9H,4-5,10-11H2,1-3H3,(H,18,20). The molecule has 1 aromatic carbocycles. The quantitative estimate of drug-likeness (QED) is 0.789. The number of hydrogen-bond donors (Lipinski definition) is 1. The number of ether oxygens (including phenoxy) is 1. The maximum atomic E-state index is 12.1. The minimum Gasteiger partial charge on any atom is -0.494 e. The van der Waals surface area contributed by atoms with Crippen LogP contribution in [0.25, 0.3) is 0 Å². The molecule has 1 heterocycles. The molecule has 118 valence electrons. The van der Waals surface area contributed by atoms with Crippen LogP contribution in [0.5, 0.6) is 5.75 Å². The molecule has 2 rings (SSSR count). The van der Waals surface area contributed by atoms with E-state index in [1.165, 1.54) is 0 Å². The monoisotopic (exact) mass is 318 g/mol. The van der Waals surface area contributed by atoms with E-state index >= 15 is 0 Å². The highest BCUT2D eigenvalue weighted by molar-refractivity contribution is 7.11. The second kappa shape index (κ2) is 7.94. The molecule has 0 aliphatic heterocycles. The van der Waals surface area contributed by atoms with Crippen molar-refractivity contribution in [1.29, 1.82) is 0 Å². The number of benzene rings is 1. The van der Waals surface area contributed by atoms with Crippen LogP contribution < -0.4 is 10.1 Å². The van der Waals surface area contributed by atoms with E-state index in [-0.39, 0.29) is 5.91 Å². The SMILES string of the molecule is CCCCOc1ccc(C(=O)NCc2sc(C)nc2C)cc1. The van der Waals surface area contributed by atoms with Gasteiger partial charge in [-0.25, -0.2) is 4.98 Å². The molecule has 0 bridgehead atoms. The molecule has 0 saturated heterocycles. The van der Waals surface area contributed by atoms with E-state index in [4.69, 9.17) is 4.74 Å². The third-order valence-corrected chi connectivity index (χ3v) is 4.37. The zero-order chi connectivity index (χ0) is 15.9. The van der Waals surface area contributed by atoms with Crippen LogP contribution in [-0.2, 0) is 6.54 Å². The van der Waals surface area contributed by atoms with Crippen LogP contribution in [0.1, 0.15) is 45.7 Å². The van der Waals surface area contributed by atoms with Crippen molar-refractivity contribution in [3.63, 3.8) is 0 Å². The summed E-state index contributed by atoms with van der Waals surface area (Å²) in [7, 11) is 0. The first-order valence-corrected chi connectivity index (χ1v) is 8.35. The van der Waals surface area contributed by atoms with Gasteiger partial charge in [0.05, 0.1) is 23.9 Å². The van der Waals surface area contributed by atoms with Crippen LogP contribution in [-0.4, -0.2) is 17.5 Å². The van der Waals surface area contributed by atoms with Crippen molar-refractivity contribution in [3.05, 3.63) is 45.4 Å². The number of unbranched alkanes of at least 4 members (excludes halogenated alkanes) is 1. The van der Waals surface area contributed by atoms with E-state index in [0.717, 1.165) is 34.2 Å². The number of aromatic nitrogens is 1. The smallest absolute Gasteiger partial charge is 0.251 e. The van der Waals surface area contributed by atoms with Gasteiger partial charge in [0.2, 0.25) is 0 Å². The molecule has 1 N–H and O–H groups in total. The third-order valence-electron chi connectivity index (χ3n) is 3.29. The minimum atomic E-state index is -0.0782. The third kappa shape index (κ3) is 4.56. The van der Waals surface area contributed by atoms with Crippen molar-refractivity contribution in [3.8, 4) is 5.75 Å². The van der Waals surface area contributed by atoms with Crippen molar-refractivity contribution in [1.82, 2.24) is 10.3 Å². The predicted octanol–water partition coefficient (Wildman–Crippen LogP) is 3.87. The Bertz CT molecular complexity index is 620. The Balaban J connectivity index is 1.88. The van der Waals surface area contributed by atoms with Crippen molar-refractivity contribution < 1.29 is 9.53 Å². The Morgan fingerprint density at radius 3 is 2.59 bits per heavy atom. The molecular formula is C17H22N2O2S. The van der Waals surface area contributed by atoms with Crippen LogP contribution in [0.15, 0.2) is 24.3 Å². The van der Waals surface area contributed by atoms with Crippen LogP contribution in [0.2, 0.25) is 0 Å². The van der Waals surface area contributed by atoms with Crippen molar-refractivity contribution in [2.24, 2.45) is 0 Å². The summed E-state index contributed by atoms with van der Waals surface area (Å²) in [6.45, 7) is 7.30. The zero-order valence-corrected chi connectivity index (χ0v) is 14.1. The molecule has 0 fully saturated rings. The molecule has 1 aromatic heterocycles. The highest BCUT2D eigenvalue weighted by Crippen LogP contribution is 2.17. The van der Waals surface area contributed by atoms with Crippen LogP contribution in [0.4, 0.5) is 0 Å². The summed E-state index contributed by atoms with van der Waals surface area (Å²) in [6, 6.07) is 7.27. The molecule has 0 spiro atoms. The van der Waals surface area contributed by atoms with Gasteiger partial charge in [0, 0.05) is 10.4 Å². The van der Waals surface area contributed by atoms with E-state index in [9.17, 15) is 4.79 Å². The van der Waals surface area contributed by atoms with Gasteiger partial charge in [0.15, 0.2) is 0 Å². The number of nitrogens with zero attached hydrogens (tertiary/aromatic N) is 1. The number of thiazole rings is 1. The van der Waals surface area contributed by atoms with E-state index < -0.39 is 0 Å². The molecule has 0 aliphatic rings. The topological polar surface area (TPSA) is 51.2 Å². The number of hydrogen-bond acceptors (Lipinski definition) is 4. The average Bonchev–Trinajstić information content (AvgIpc) is 2.83. The fraction of sp³-hybridized carbons (Fsp3) is 0.412. The molecule has 0 unspecified atom stereocenters. The molecule has 22 heavy (non-hydrogen) atoms. The van der Waals surface area contributed by atoms with Crippen molar-refractivity contribution in [2.45, 2.75) is 40.2 Å². The van der Waals surface area contributed by atoms with Crippen molar-refractivity contribution >= 4 is 17.2 Å². The van der Waals surface area contributed by atoms with Gasteiger partial charge in [-0.1, -0.05) is 13.3 Å². The first-order chi connectivity index (χ1) is 10.6. The van der Waals surface area contributed by atoms with E-state index in [1.54, 1.807) is 23.5 Å². The normalized spacial score (nSPS) is 10.5. The van der Waals surface area contributed by atoms with Gasteiger partial charge in [0.25, 0.3) is 5.91 Å². The Morgan fingerprint density at radius 1 is 1.27 bits per heavy atom. The first-order valence-electron chi connectivity index (χ1n) is 7.54. The summed E-state index contributed by atoms with van der Waals surface area (Å²) in [5.74, 6) is 0.726. The van der Waals surface area contributed by atoms with Gasteiger partial charge < -0.3 is 10.1 Å². The lowest BCUT2D eigenvalue weighted by molar-refractivity contribution is 0.0951. The molecule has 1 amide bonds. The van der Waals surface area contributed by atoms with Gasteiger partial charge >= 0.3 is 0 Å². The van der Waals surface area contributed by atoms with Crippen LogP contribution >= 0.6 is 11.3 Å². The molecule has 0 aliphatic carbocycles. The summed E-state index contributed by atoms with van der Waals surface area (Å²) in [6.07, 6.45) is 2.15. The van der Waals surface area contributed by atoms with Gasteiger partial charge in [-0.15, -0.1) is 11.3 Å². The number of carbonyl (C=O) groups excluding carboxylic acids is 1. The fourth-order valence-corrected chi connectivity index (χ4v) is 2.91. The molecule has 0 radical (unpaired) electrons. The number of carbonyl (C=O) groups is 1. The minimum absolute atomic E-state index is 0.0782. The Morgan fingerprint density at radius 2 is 2.00 bits per heavy atom. The van der Waals surface area contributed by atoms with E-state index in [2.05, 4.69) is 17.2 Å². The molecule has 4 nitrogen and oxygen atoms in total. The first kappa shape index (κ1) is 16.5. The largest absolute Gasteiger partial charge is 0.494 e. The lowest BCUT2D eigenvalue weighted by atomic mass is 10.2. The second-order valence-electron chi connectivity index (χ2n) is 5.15. The second-order valence-corrected chi connectivity index (χ2v) is 6.44. The highest BCUT2D eigenvalue weighted by Gasteiger charge is 2.09. The number of amides is 1. The molecular weight excluding hydrogens is 296 g/mol. The molecule has 0 saturated carbocycles. The Hall–Kier alpha value is -1.88. The average molecular weight is 318 g/mol. The molecule has 2 aromatic rings. The van der Waals surface area contributed by atoms with Gasteiger partial charge in [-0.3, -0.25) is 4.79 Å². The number of rotatable bonds is 7. The van der Waals surface area contributed by atoms with Crippen LogP contribution in [0.3, 0.4) is 0 Å².